The maximum absolute atomic E-state index is 14.9. The monoisotopic (exact) mass is 402 g/mol. The molecule has 2 heterocycles. The molecule has 1 saturated carbocycles. The van der Waals surface area contributed by atoms with Crippen LogP contribution >= 0.6 is 0 Å². The smallest absolute Gasteiger partial charge is 0.341 e. The number of halogens is 1. The molecule has 0 radical (unpaired) electrons. The lowest BCUT2D eigenvalue weighted by Crippen LogP contribution is -2.45. The summed E-state index contributed by atoms with van der Waals surface area (Å²) in [6.45, 7) is 2.59. The third kappa shape index (κ3) is 3.57. The van der Waals surface area contributed by atoms with Gasteiger partial charge >= 0.3 is 5.97 Å². The van der Waals surface area contributed by atoms with Crippen molar-refractivity contribution in [3.8, 4) is 0 Å². The lowest BCUT2D eigenvalue weighted by atomic mass is 10.1. The van der Waals surface area contributed by atoms with Crippen molar-refractivity contribution < 1.29 is 19.1 Å². The molecule has 1 aliphatic carbocycles. The zero-order chi connectivity index (χ0) is 20.9. The van der Waals surface area contributed by atoms with Gasteiger partial charge in [0.15, 0.2) is 0 Å². The van der Waals surface area contributed by atoms with Crippen LogP contribution in [0.4, 0.5) is 10.1 Å². The highest BCUT2D eigenvalue weighted by Crippen LogP contribution is 2.38. The van der Waals surface area contributed by atoms with Crippen molar-refractivity contribution in [1.82, 2.24) is 9.88 Å². The summed E-state index contributed by atoms with van der Waals surface area (Å²) in [6.07, 6.45) is 3.79. The number of rotatable bonds is 5. The third-order valence-corrected chi connectivity index (χ3v) is 5.56. The predicted molar refractivity (Wildman–Crippen MR) is 106 cm³/mol. The van der Waals surface area contributed by atoms with E-state index in [0.717, 1.165) is 18.9 Å². The first-order chi connectivity index (χ1) is 13.8. The lowest BCUT2D eigenvalue weighted by molar-refractivity contribution is -0.122. The number of hydrogen-bond acceptors (Lipinski definition) is 5. The minimum absolute atomic E-state index is 0.0686. The van der Waals surface area contributed by atoms with Crippen LogP contribution in [0.25, 0.3) is 10.9 Å². The van der Waals surface area contributed by atoms with Crippen LogP contribution in [0.2, 0.25) is 0 Å². The number of aromatic carboxylic acids is 1. The predicted octanol–water partition coefficient (Wildman–Crippen LogP) is 1.22. The molecule has 1 saturated heterocycles. The molecule has 1 amide bonds. The zero-order valence-electron chi connectivity index (χ0n) is 16.0. The highest BCUT2D eigenvalue weighted by atomic mass is 19.1. The number of carbonyl (C=O) groups is 2. The van der Waals surface area contributed by atoms with Gasteiger partial charge in [-0.25, -0.2) is 9.18 Å². The fourth-order valence-electron chi connectivity index (χ4n) is 3.84. The molecule has 0 bridgehead atoms. The van der Waals surface area contributed by atoms with Crippen molar-refractivity contribution >= 4 is 28.5 Å². The van der Waals surface area contributed by atoms with Crippen LogP contribution in [0.15, 0.2) is 23.1 Å². The van der Waals surface area contributed by atoms with Crippen LogP contribution in [0.5, 0.6) is 0 Å². The Morgan fingerprint density at radius 3 is 2.66 bits per heavy atom. The number of nitrogens with one attached hydrogen (secondary N) is 1. The number of amides is 1. The average molecular weight is 402 g/mol. The van der Waals surface area contributed by atoms with Crippen LogP contribution in [0.1, 0.15) is 42.6 Å². The Balaban J connectivity index is 1.72. The first-order valence-corrected chi connectivity index (χ1v) is 9.69. The summed E-state index contributed by atoms with van der Waals surface area (Å²) in [7, 11) is 0. The van der Waals surface area contributed by atoms with Gasteiger partial charge in [-0.3, -0.25) is 9.59 Å². The lowest BCUT2D eigenvalue weighted by Gasteiger charge is -2.22. The number of nitrogens with zero attached hydrogens (tertiary/aromatic N) is 2. The van der Waals surface area contributed by atoms with Gasteiger partial charge in [-0.2, -0.15) is 0 Å². The number of carbonyl (C=O) groups excluding carboxylic acids is 1. The summed E-state index contributed by atoms with van der Waals surface area (Å²) < 4.78 is 16.7. The minimum Gasteiger partial charge on any atom is -0.477 e. The van der Waals surface area contributed by atoms with Gasteiger partial charge in [0, 0.05) is 36.8 Å². The molecule has 1 unspecified atom stereocenters. The second-order valence-electron chi connectivity index (χ2n) is 7.87. The van der Waals surface area contributed by atoms with Crippen LogP contribution in [-0.2, 0) is 4.79 Å². The Bertz CT molecular complexity index is 1060. The van der Waals surface area contributed by atoms with Crippen molar-refractivity contribution in [3.05, 3.63) is 39.9 Å². The molecule has 1 aromatic carbocycles. The van der Waals surface area contributed by atoms with E-state index in [9.17, 15) is 23.9 Å². The molecule has 29 heavy (non-hydrogen) atoms. The van der Waals surface area contributed by atoms with Crippen LogP contribution < -0.4 is 21.4 Å². The molecular weight excluding hydrogens is 379 g/mol. The summed E-state index contributed by atoms with van der Waals surface area (Å²) in [5.41, 5.74) is 5.42. The fraction of sp³-hybridized carbons (Fsp3) is 0.450. The topological polar surface area (TPSA) is 118 Å². The Morgan fingerprint density at radius 2 is 2.03 bits per heavy atom. The number of fused-ring (bicyclic) bond motifs is 1. The van der Waals surface area contributed by atoms with Crippen molar-refractivity contribution in [2.24, 2.45) is 5.73 Å². The van der Waals surface area contributed by atoms with E-state index in [1.54, 1.807) is 17.6 Å². The fourth-order valence-corrected chi connectivity index (χ4v) is 3.84. The van der Waals surface area contributed by atoms with E-state index in [4.69, 9.17) is 5.73 Å². The second kappa shape index (κ2) is 7.14. The molecule has 0 spiro atoms. The van der Waals surface area contributed by atoms with E-state index in [-0.39, 0.29) is 28.9 Å². The summed E-state index contributed by atoms with van der Waals surface area (Å²) in [5.74, 6) is -2.15. The normalized spacial score (nSPS) is 20.1. The number of benzene rings is 1. The number of nitrogens with two attached hydrogens (primary N) is 1. The molecule has 8 nitrogen and oxygen atoms in total. The highest BCUT2D eigenvalue weighted by molar-refractivity contribution is 5.93. The zero-order valence-corrected chi connectivity index (χ0v) is 16.0. The molecule has 1 aromatic heterocycles. The summed E-state index contributed by atoms with van der Waals surface area (Å²) in [6, 6.07) is 2.12. The molecule has 2 aromatic rings. The van der Waals surface area contributed by atoms with E-state index in [1.807, 2.05) is 4.90 Å². The van der Waals surface area contributed by atoms with Crippen LogP contribution in [-0.4, -0.2) is 46.7 Å². The number of anilines is 1. The Hall–Kier alpha value is -2.94. The van der Waals surface area contributed by atoms with E-state index >= 15 is 0 Å². The van der Waals surface area contributed by atoms with Gasteiger partial charge in [0.1, 0.15) is 11.4 Å². The molecule has 2 fully saturated rings. The quantitative estimate of drug-likeness (QED) is 0.692. The first kappa shape index (κ1) is 19.4. The van der Waals surface area contributed by atoms with Crippen LogP contribution in [0, 0.1) is 5.82 Å². The van der Waals surface area contributed by atoms with Crippen molar-refractivity contribution in [1.29, 1.82) is 0 Å². The molecule has 154 valence electrons. The molecular formula is C20H23FN4O4. The number of hydrogen-bond donors (Lipinski definition) is 3. The highest BCUT2D eigenvalue weighted by Gasteiger charge is 2.30. The summed E-state index contributed by atoms with van der Waals surface area (Å²) >= 11 is 0. The Kier molecular flexibility index (Phi) is 4.77. The number of carboxylic acid groups (broad SMARTS) is 1. The first-order valence-electron chi connectivity index (χ1n) is 9.69. The van der Waals surface area contributed by atoms with Crippen molar-refractivity contribution in [2.45, 2.75) is 44.3 Å². The van der Waals surface area contributed by atoms with Crippen molar-refractivity contribution in [3.63, 3.8) is 0 Å². The molecule has 4 N–H and O–H groups in total. The van der Waals surface area contributed by atoms with Gasteiger partial charge in [0.25, 0.3) is 0 Å². The SMILES string of the molecule is C[C@H](N)C(=O)NC1CCN(c2cc3c(cc2F)c(=O)c(C(=O)O)cn3C2CC2)C1. The summed E-state index contributed by atoms with van der Waals surface area (Å²) in [4.78, 5) is 37.6. The van der Waals surface area contributed by atoms with E-state index in [1.165, 1.54) is 6.20 Å². The second-order valence-corrected chi connectivity index (χ2v) is 7.87. The van der Waals surface area contributed by atoms with E-state index in [2.05, 4.69) is 5.32 Å². The van der Waals surface area contributed by atoms with Crippen molar-refractivity contribution in [2.75, 3.05) is 18.0 Å². The number of aromatic nitrogens is 1. The molecule has 4 rings (SSSR count). The molecule has 9 heteroatoms. The number of pyridine rings is 1. The molecule has 1 aliphatic heterocycles. The Morgan fingerprint density at radius 1 is 1.31 bits per heavy atom. The largest absolute Gasteiger partial charge is 0.477 e. The van der Waals surface area contributed by atoms with Gasteiger partial charge in [-0.15, -0.1) is 0 Å². The molecule has 2 aliphatic rings. The minimum atomic E-state index is -1.32. The maximum Gasteiger partial charge on any atom is 0.341 e. The van der Waals surface area contributed by atoms with Gasteiger partial charge in [0.2, 0.25) is 11.3 Å². The van der Waals surface area contributed by atoms with E-state index < -0.39 is 23.3 Å². The number of carboxylic acids is 1. The standard InChI is InChI=1S/C20H23FN4O4/c1-10(22)19(27)23-11-4-5-24(8-11)17-7-16-13(6-15(17)21)18(26)14(20(28)29)9-25(16)12-2-3-12/h6-7,9-12H,2-5,8,22H2,1H3,(H,23,27)(H,28,29)/t10-,11?/m0/s1. The average Bonchev–Trinajstić information content (AvgIpc) is 3.40. The molecule has 2 atom stereocenters. The maximum atomic E-state index is 14.9. The van der Waals surface area contributed by atoms with Crippen LogP contribution in [0.3, 0.4) is 0 Å². The van der Waals surface area contributed by atoms with Gasteiger partial charge < -0.3 is 25.6 Å². The third-order valence-electron chi connectivity index (χ3n) is 5.56. The van der Waals surface area contributed by atoms with Gasteiger partial charge in [0.05, 0.1) is 17.2 Å². The Labute approximate surface area is 166 Å². The van der Waals surface area contributed by atoms with Gasteiger partial charge in [-0.1, -0.05) is 0 Å². The van der Waals surface area contributed by atoms with E-state index in [0.29, 0.717) is 30.7 Å². The van der Waals surface area contributed by atoms with Gasteiger partial charge in [-0.05, 0) is 38.3 Å². The summed E-state index contributed by atoms with van der Waals surface area (Å²) in [5, 5.41) is 12.3.